The minimum absolute atomic E-state index is 0. The molecule has 20 heavy (non-hydrogen) atoms. The monoisotopic (exact) mass is 295 g/mol. The van der Waals surface area contributed by atoms with Crippen molar-refractivity contribution >= 4 is 12.4 Å². The van der Waals surface area contributed by atoms with Gasteiger partial charge < -0.3 is 5.32 Å². The molecule has 0 aliphatic carbocycles. The SMILES string of the molecule is CC1CC(c2cccnc2)N(CC2CCCNC2)C1.Cl. The second-order valence-corrected chi connectivity index (χ2v) is 6.31. The third-order valence-electron chi connectivity index (χ3n) is 4.57. The van der Waals surface area contributed by atoms with E-state index in [1.807, 2.05) is 6.20 Å². The summed E-state index contributed by atoms with van der Waals surface area (Å²) in [7, 11) is 0. The Balaban J connectivity index is 0.00000147. The maximum atomic E-state index is 4.30. The zero-order valence-corrected chi connectivity index (χ0v) is 13.1. The number of hydrogen-bond acceptors (Lipinski definition) is 3. The molecule has 3 unspecified atom stereocenters. The standard InChI is InChI=1S/C16H25N3.ClH/c1-13-8-16(15-5-3-7-18-10-15)19(11-13)12-14-4-2-6-17-9-14;/h3,5,7,10,13-14,16-17H,2,4,6,8-9,11-12H2,1H3;1H. The van der Waals surface area contributed by atoms with Crippen LogP contribution in [0.2, 0.25) is 0 Å². The third-order valence-corrected chi connectivity index (χ3v) is 4.57. The van der Waals surface area contributed by atoms with Crippen molar-refractivity contribution in [1.82, 2.24) is 15.2 Å². The fourth-order valence-corrected chi connectivity index (χ4v) is 3.67. The summed E-state index contributed by atoms with van der Waals surface area (Å²) >= 11 is 0. The van der Waals surface area contributed by atoms with Gasteiger partial charge in [-0.25, -0.2) is 0 Å². The molecule has 1 aromatic heterocycles. The van der Waals surface area contributed by atoms with E-state index in [1.165, 1.54) is 51.0 Å². The molecule has 112 valence electrons. The number of nitrogens with one attached hydrogen (secondary N) is 1. The largest absolute Gasteiger partial charge is 0.316 e. The third kappa shape index (κ3) is 3.72. The molecule has 2 aliphatic rings. The van der Waals surface area contributed by atoms with E-state index in [1.54, 1.807) is 0 Å². The molecule has 3 rings (SSSR count). The Hall–Kier alpha value is -0.640. The Morgan fingerprint density at radius 1 is 1.45 bits per heavy atom. The molecule has 0 saturated carbocycles. The molecule has 2 aliphatic heterocycles. The zero-order valence-electron chi connectivity index (χ0n) is 12.3. The summed E-state index contributed by atoms with van der Waals surface area (Å²) < 4.78 is 0. The second kappa shape index (κ2) is 7.39. The maximum absolute atomic E-state index is 4.30. The molecule has 2 fully saturated rings. The lowest BCUT2D eigenvalue weighted by Crippen LogP contribution is -2.38. The van der Waals surface area contributed by atoms with Crippen LogP contribution in [0.4, 0.5) is 0 Å². The van der Waals surface area contributed by atoms with Gasteiger partial charge in [-0.05, 0) is 55.8 Å². The quantitative estimate of drug-likeness (QED) is 0.929. The van der Waals surface area contributed by atoms with Crippen LogP contribution in [0.3, 0.4) is 0 Å². The molecule has 3 atom stereocenters. The number of nitrogens with zero attached hydrogens (tertiary/aromatic N) is 2. The highest BCUT2D eigenvalue weighted by Crippen LogP contribution is 2.35. The van der Waals surface area contributed by atoms with Gasteiger partial charge in [0.1, 0.15) is 0 Å². The molecule has 1 aromatic rings. The number of aromatic nitrogens is 1. The maximum Gasteiger partial charge on any atom is 0.0366 e. The lowest BCUT2D eigenvalue weighted by molar-refractivity contribution is 0.193. The van der Waals surface area contributed by atoms with E-state index in [0.717, 1.165) is 11.8 Å². The molecule has 0 spiro atoms. The van der Waals surface area contributed by atoms with Gasteiger partial charge in [0.2, 0.25) is 0 Å². The first kappa shape index (κ1) is 15.7. The highest BCUT2D eigenvalue weighted by atomic mass is 35.5. The van der Waals surface area contributed by atoms with Gasteiger partial charge in [-0.1, -0.05) is 13.0 Å². The summed E-state index contributed by atoms with van der Waals surface area (Å²) in [6.07, 6.45) is 7.93. The first-order valence-corrected chi connectivity index (χ1v) is 7.67. The predicted molar refractivity (Wildman–Crippen MR) is 85.2 cm³/mol. The van der Waals surface area contributed by atoms with Crippen LogP contribution in [0, 0.1) is 11.8 Å². The number of hydrogen-bond donors (Lipinski definition) is 1. The van der Waals surface area contributed by atoms with Crippen LogP contribution in [-0.2, 0) is 0 Å². The van der Waals surface area contributed by atoms with Gasteiger partial charge >= 0.3 is 0 Å². The van der Waals surface area contributed by atoms with Crippen LogP contribution in [0.25, 0.3) is 0 Å². The molecule has 3 heterocycles. The minimum Gasteiger partial charge on any atom is -0.316 e. The van der Waals surface area contributed by atoms with Gasteiger partial charge in [-0.3, -0.25) is 9.88 Å². The van der Waals surface area contributed by atoms with Crippen molar-refractivity contribution in [2.45, 2.75) is 32.2 Å². The lowest BCUT2D eigenvalue weighted by atomic mass is 9.98. The van der Waals surface area contributed by atoms with Crippen molar-refractivity contribution in [2.24, 2.45) is 11.8 Å². The summed E-state index contributed by atoms with van der Waals surface area (Å²) in [5.74, 6) is 1.64. The van der Waals surface area contributed by atoms with Gasteiger partial charge in [0, 0.05) is 31.5 Å². The Kier molecular flexibility index (Phi) is 5.82. The van der Waals surface area contributed by atoms with Crippen LogP contribution in [0.1, 0.15) is 37.8 Å². The minimum atomic E-state index is 0. The molecule has 0 bridgehead atoms. The van der Waals surface area contributed by atoms with Crippen molar-refractivity contribution in [3.8, 4) is 0 Å². The number of rotatable bonds is 3. The van der Waals surface area contributed by atoms with Crippen molar-refractivity contribution in [1.29, 1.82) is 0 Å². The summed E-state index contributed by atoms with van der Waals surface area (Å²) in [6, 6.07) is 4.89. The molecular weight excluding hydrogens is 270 g/mol. The van der Waals surface area contributed by atoms with E-state index in [2.05, 4.69) is 40.5 Å². The summed E-state index contributed by atoms with van der Waals surface area (Å²) in [5, 5.41) is 3.54. The Labute approximate surface area is 128 Å². The van der Waals surface area contributed by atoms with Crippen LogP contribution >= 0.6 is 12.4 Å². The van der Waals surface area contributed by atoms with Gasteiger partial charge in [0.05, 0.1) is 0 Å². The van der Waals surface area contributed by atoms with Gasteiger partial charge in [-0.2, -0.15) is 0 Å². The van der Waals surface area contributed by atoms with Crippen molar-refractivity contribution in [2.75, 3.05) is 26.2 Å². The molecule has 0 amide bonds. The Bertz CT molecular complexity index is 392. The van der Waals surface area contributed by atoms with E-state index in [4.69, 9.17) is 0 Å². The first-order chi connectivity index (χ1) is 9.33. The molecule has 4 heteroatoms. The normalized spacial score (nSPS) is 30.9. The zero-order chi connectivity index (χ0) is 13.1. The molecule has 0 radical (unpaired) electrons. The number of piperidine rings is 1. The summed E-state index contributed by atoms with van der Waals surface area (Å²) in [4.78, 5) is 6.99. The molecule has 1 N–H and O–H groups in total. The lowest BCUT2D eigenvalue weighted by Gasteiger charge is -2.31. The van der Waals surface area contributed by atoms with Gasteiger partial charge in [0.25, 0.3) is 0 Å². The highest BCUT2D eigenvalue weighted by Gasteiger charge is 2.32. The van der Waals surface area contributed by atoms with E-state index in [9.17, 15) is 0 Å². The number of halogens is 1. The van der Waals surface area contributed by atoms with Crippen molar-refractivity contribution < 1.29 is 0 Å². The molecule has 0 aromatic carbocycles. The van der Waals surface area contributed by atoms with Crippen LogP contribution < -0.4 is 5.32 Å². The predicted octanol–water partition coefficient (Wildman–Crippen LogP) is 2.89. The van der Waals surface area contributed by atoms with Gasteiger partial charge in [0.15, 0.2) is 0 Å². The van der Waals surface area contributed by atoms with Crippen LogP contribution in [0.15, 0.2) is 24.5 Å². The van der Waals surface area contributed by atoms with E-state index < -0.39 is 0 Å². The first-order valence-electron chi connectivity index (χ1n) is 7.67. The number of pyridine rings is 1. The Morgan fingerprint density at radius 3 is 3.05 bits per heavy atom. The highest BCUT2D eigenvalue weighted by molar-refractivity contribution is 5.85. The topological polar surface area (TPSA) is 28.2 Å². The van der Waals surface area contributed by atoms with E-state index in [-0.39, 0.29) is 12.4 Å². The molecule has 3 nitrogen and oxygen atoms in total. The van der Waals surface area contributed by atoms with E-state index >= 15 is 0 Å². The van der Waals surface area contributed by atoms with Gasteiger partial charge in [-0.15, -0.1) is 12.4 Å². The molecule has 2 saturated heterocycles. The van der Waals surface area contributed by atoms with Crippen molar-refractivity contribution in [3.05, 3.63) is 30.1 Å². The Morgan fingerprint density at radius 2 is 2.35 bits per heavy atom. The smallest absolute Gasteiger partial charge is 0.0366 e. The van der Waals surface area contributed by atoms with Crippen LogP contribution in [0.5, 0.6) is 0 Å². The fourth-order valence-electron chi connectivity index (χ4n) is 3.67. The fraction of sp³-hybridized carbons (Fsp3) is 0.688. The number of likely N-dealkylation sites (tertiary alicyclic amines) is 1. The second-order valence-electron chi connectivity index (χ2n) is 6.31. The average Bonchev–Trinajstić information content (AvgIpc) is 2.82. The summed E-state index contributed by atoms with van der Waals surface area (Å²) in [6.45, 7) is 7.28. The van der Waals surface area contributed by atoms with E-state index in [0.29, 0.717) is 6.04 Å². The molecular formula is C16H26ClN3. The van der Waals surface area contributed by atoms with Crippen molar-refractivity contribution in [3.63, 3.8) is 0 Å². The van der Waals surface area contributed by atoms with Crippen LogP contribution in [-0.4, -0.2) is 36.1 Å². The summed E-state index contributed by atoms with van der Waals surface area (Å²) in [5.41, 5.74) is 1.40. The average molecular weight is 296 g/mol.